The van der Waals surface area contributed by atoms with Crippen LogP contribution < -0.4 is 11.3 Å². The van der Waals surface area contributed by atoms with E-state index in [4.69, 9.17) is 25.1 Å². The van der Waals surface area contributed by atoms with Crippen LogP contribution in [0.25, 0.3) is 0 Å². The molecule has 0 spiro atoms. The zero-order valence-corrected chi connectivity index (χ0v) is 13.2. The molecule has 0 unspecified atom stereocenters. The molecule has 6 nitrogen and oxygen atoms in total. The van der Waals surface area contributed by atoms with Crippen molar-refractivity contribution < 1.29 is 19.2 Å². The van der Waals surface area contributed by atoms with Crippen molar-refractivity contribution >= 4 is 61.3 Å². The summed E-state index contributed by atoms with van der Waals surface area (Å²) in [6, 6.07) is 3.80. The van der Waals surface area contributed by atoms with Gasteiger partial charge in [0.05, 0.1) is 5.69 Å². The van der Waals surface area contributed by atoms with Gasteiger partial charge >= 0.3 is 7.82 Å². The molecule has 0 aliphatic carbocycles. The second-order valence-electron chi connectivity index (χ2n) is 2.40. The van der Waals surface area contributed by atoms with Crippen molar-refractivity contribution in [2.75, 3.05) is 5.43 Å². The predicted molar refractivity (Wildman–Crippen MR) is 71.6 cm³/mol. The molecule has 0 aliphatic rings. The van der Waals surface area contributed by atoms with Crippen molar-refractivity contribution in [3.8, 4) is 0 Å². The first-order valence-electron chi connectivity index (χ1n) is 3.54. The van der Waals surface area contributed by atoms with Gasteiger partial charge in [-0.15, -0.1) is 0 Å². The molecule has 0 amide bonds. The second kappa shape index (κ2) is 7.07. The molecule has 16 heavy (non-hydrogen) atoms. The normalized spacial score (nSPS) is 10.4. The van der Waals surface area contributed by atoms with Crippen LogP contribution in [0.3, 0.4) is 0 Å². The first kappa shape index (κ1) is 16.5. The van der Waals surface area contributed by atoms with Gasteiger partial charge in [-0.3, -0.25) is 5.84 Å². The number of rotatable bonds is 1. The van der Waals surface area contributed by atoms with E-state index >= 15 is 0 Å². The Morgan fingerprint density at radius 3 is 1.81 bits per heavy atom. The van der Waals surface area contributed by atoms with Gasteiger partial charge in [0.2, 0.25) is 0 Å². The number of nitrogens with two attached hydrogens (primary N) is 1. The number of halogens is 3. The van der Waals surface area contributed by atoms with Crippen molar-refractivity contribution in [3.63, 3.8) is 0 Å². The molecule has 1 rings (SSSR count). The Morgan fingerprint density at radius 1 is 1.06 bits per heavy atom. The number of phosphoric acid groups is 1. The van der Waals surface area contributed by atoms with Gasteiger partial charge < -0.3 is 20.1 Å². The van der Waals surface area contributed by atoms with Crippen LogP contribution in [0.2, 0.25) is 0 Å². The topological polar surface area (TPSA) is 116 Å². The standard InChI is InChI=1S/C6H5Br3N2.H3O4P/c7-3-1-5(9)6(11-10)2-4(3)8;1-5(2,3)4/h1-2,11H,10H2;(H3,1,2,3,4). The molecule has 0 saturated heterocycles. The first-order valence-corrected chi connectivity index (χ1v) is 7.49. The summed E-state index contributed by atoms with van der Waals surface area (Å²) in [5, 5.41) is 0. The van der Waals surface area contributed by atoms with E-state index in [1.165, 1.54) is 0 Å². The highest BCUT2D eigenvalue weighted by atomic mass is 79.9. The molecule has 92 valence electrons. The molecule has 0 fully saturated rings. The molecule has 0 aliphatic heterocycles. The summed E-state index contributed by atoms with van der Waals surface area (Å²) in [5.74, 6) is 5.25. The molecule has 6 N–H and O–H groups in total. The molecule has 0 bridgehead atoms. The molecule has 1 aromatic rings. The molecule has 10 heteroatoms. The van der Waals surface area contributed by atoms with Crippen LogP contribution in [-0.4, -0.2) is 14.7 Å². The van der Waals surface area contributed by atoms with Crippen LogP contribution in [0.4, 0.5) is 5.69 Å². The quantitative estimate of drug-likeness (QED) is 0.197. The van der Waals surface area contributed by atoms with E-state index in [-0.39, 0.29) is 0 Å². The van der Waals surface area contributed by atoms with Gasteiger partial charge in [-0.1, -0.05) is 0 Å². The number of nitrogens with one attached hydrogen (secondary N) is 1. The van der Waals surface area contributed by atoms with E-state index < -0.39 is 7.82 Å². The van der Waals surface area contributed by atoms with Gasteiger partial charge in [0.15, 0.2) is 0 Å². The fourth-order valence-corrected chi connectivity index (χ4v) is 2.08. The minimum atomic E-state index is -4.64. The Balaban J connectivity index is 0.000000385. The first-order chi connectivity index (χ1) is 7.15. The maximum absolute atomic E-state index is 8.88. The van der Waals surface area contributed by atoms with Gasteiger partial charge in [0.1, 0.15) is 0 Å². The van der Waals surface area contributed by atoms with Crippen LogP contribution >= 0.6 is 55.6 Å². The van der Waals surface area contributed by atoms with Gasteiger partial charge in [0.25, 0.3) is 0 Å². The van der Waals surface area contributed by atoms with Crippen molar-refractivity contribution in [2.45, 2.75) is 0 Å². The average molecular weight is 443 g/mol. The van der Waals surface area contributed by atoms with Crippen LogP contribution in [0.1, 0.15) is 0 Å². The minimum Gasteiger partial charge on any atom is -0.323 e. The largest absolute Gasteiger partial charge is 0.466 e. The molecule has 0 radical (unpaired) electrons. The van der Waals surface area contributed by atoms with Crippen molar-refractivity contribution in [1.29, 1.82) is 0 Å². The van der Waals surface area contributed by atoms with Gasteiger partial charge in [-0.05, 0) is 59.9 Å². The lowest BCUT2D eigenvalue weighted by molar-refractivity contribution is 0.275. The third-order valence-corrected chi connectivity index (χ3v) is 3.67. The molecular weight excluding hydrogens is 435 g/mol. The average Bonchev–Trinajstić information content (AvgIpc) is 2.08. The van der Waals surface area contributed by atoms with E-state index in [0.29, 0.717) is 0 Å². The predicted octanol–water partition coefficient (Wildman–Crippen LogP) is 2.33. The Hall–Kier alpha value is 0.530. The van der Waals surface area contributed by atoms with E-state index in [1.54, 1.807) is 0 Å². The third-order valence-electron chi connectivity index (χ3n) is 1.17. The van der Waals surface area contributed by atoms with E-state index in [1.807, 2.05) is 12.1 Å². The number of nitrogen functional groups attached to an aromatic ring is 1. The van der Waals surface area contributed by atoms with E-state index in [2.05, 4.69) is 53.2 Å². The Morgan fingerprint density at radius 2 is 1.44 bits per heavy atom. The van der Waals surface area contributed by atoms with Crippen LogP contribution in [-0.2, 0) is 4.57 Å². The third kappa shape index (κ3) is 7.75. The minimum absolute atomic E-state index is 0.847. The molecule has 0 saturated carbocycles. The van der Waals surface area contributed by atoms with Crippen LogP contribution in [0.5, 0.6) is 0 Å². The highest BCUT2D eigenvalue weighted by Gasteiger charge is 2.02. The second-order valence-corrected chi connectivity index (χ2v) is 5.99. The summed E-state index contributed by atoms with van der Waals surface area (Å²) < 4.78 is 11.8. The smallest absolute Gasteiger partial charge is 0.323 e. The zero-order chi connectivity index (χ0) is 12.9. The molecular formula is C6H8Br3N2O4P. The van der Waals surface area contributed by atoms with E-state index in [0.717, 1.165) is 19.1 Å². The van der Waals surface area contributed by atoms with Crippen molar-refractivity contribution in [3.05, 3.63) is 25.6 Å². The maximum atomic E-state index is 8.88. The van der Waals surface area contributed by atoms with Gasteiger partial charge in [-0.25, -0.2) is 4.57 Å². The van der Waals surface area contributed by atoms with E-state index in [9.17, 15) is 0 Å². The summed E-state index contributed by atoms with van der Waals surface area (Å²) in [5.41, 5.74) is 3.41. The maximum Gasteiger partial charge on any atom is 0.466 e. The monoisotopic (exact) mass is 440 g/mol. The van der Waals surface area contributed by atoms with Gasteiger partial charge in [0, 0.05) is 13.4 Å². The summed E-state index contributed by atoms with van der Waals surface area (Å²) >= 11 is 10.1. The number of benzene rings is 1. The Kier molecular flexibility index (Phi) is 7.31. The SMILES string of the molecule is NNc1cc(Br)c(Br)cc1Br.O=P(O)(O)O. The van der Waals surface area contributed by atoms with Gasteiger partial charge in [-0.2, -0.15) is 0 Å². The number of anilines is 1. The fraction of sp³-hybridized carbons (Fsp3) is 0. The lowest BCUT2D eigenvalue weighted by Gasteiger charge is -2.04. The summed E-state index contributed by atoms with van der Waals surface area (Å²) in [4.78, 5) is 21.6. The molecule has 0 heterocycles. The lowest BCUT2D eigenvalue weighted by atomic mass is 10.3. The lowest BCUT2D eigenvalue weighted by Crippen LogP contribution is -2.07. The highest BCUT2D eigenvalue weighted by molar-refractivity contribution is 9.13. The highest BCUT2D eigenvalue weighted by Crippen LogP contribution is 2.32. The number of hydrazine groups is 1. The number of hydrogen-bond acceptors (Lipinski definition) is 3. The van der Waals surface area contributed by atoms with Crippen LogP contribution in [0.15, 0.2) is 25.6 Å². The molecule has 1 aromatic carbocycles. The summed E-state index contributed by atoms with van der Waals surface area (Å²) in [6.07, 6.45) is 0. The van der Waals surface area contributed by atoms with Crippen molar-refractivity contribution in [2.24, 2.45) is 5.84 Å². The summed E-state index contributed by atoms with van der Waals surface area (Å²) in [7, 11) is -4.64. The zero-order valence-electron chi connectivity index (χ0n) is 7.56. The molecule has 0 aromatic heterocycles. The van der Waals surface area contributed by atoms with Crippen molar-refractivity contribution in [1.82, 2.24) is 0 Å². The Labute approximate surface area is 117 Å². The number of hydrogen-bond donors (Lipinski definition) is 5. The summed E-state index contributed by atoms with van der Waals surface area (Å²) in [6.45, 7) is 0. The Bertz CT molecular complexity index is 403. The fourth-order valence-electron chi connectivity index (χ4n) is 0.633. The molecule has 0 atom stereocenters. The van der Waals surface area contributed by atoms with Crippen LogP contribution in [0, 0.1) is 0 Å².